The zero-order valence-electron chi connectivity index (χ0n) is 21.2. The Bertz CT molecular complexity index is 1360. The Hall–Kier alpha value is -3.09. The SMILES string of the molecule is CCCCCC1COC(CCc2cc(F)c(-c3ccc4c(F)c(C#CC(F)(F)F)c(F)cc4c3)c(F)c2)OC1. The van der Waals surface area contributed by atoms with Crippen molar-refractivity contribution in [1.29, 1.82) is 0 Å². The first-order valence-corrected chi connectivity index (χ1v) is 12.8. The number of halogens is 7. The molecule has 1 aliphatic rings. The summed E-state index contributed by atoms with van der Waals surface area (Å²) in [6, 6.07) is 6.67. The summed E-state index contributed by atoms with van der Waals surface area (Å²) in [6.45, 7) is 3.33. The van der Waals surface area contributed by atoms with Crippen molar-refractivity contribution in [1.82, 2.24) is 0 Å². The van der Waals surface area contributed by atoms with Crippen LogP contribution in [0.15, 0.2) is 36.4 Å². The lowest BCUT2D eigenvalue weighted by atomic mass is 9.96. The Kier molecular flexibility index (Phi) is 9.19. The van der Waals surface area contributed by atoms with E-state index >= 15 is 8.78 Å². The van der Waals surface area contributed by atoms with Gasteiger partial charge in [-0.25, -0.2) is 17.6 Å². The molecule has 3 aromatic carbocycles. The largest absolute Gasteiger partial charge is 0.458 e. The van der Waals surface area contributed by atoms with Crippen molar-refractivity contribution in [2.24, 2.45) is 5.92 Å². The summed E-state index contributed by atoms with van der Waals surface area (Å²) in [4.78, 5) is 0. The minimum atomic E-state index is -4.92. The molecule has 208 valence electrons. The minimum absolute atomic E-state index is 0.0186. The molecule has 1 heterocycles. The summed E-state index contributed by atoms with van der Waals surface area (Å²) in [7, 11) is 0. The second-order valence-electron chi connectivity index (χ2n) is 9.66. The topological polar surface area (TPSA) is 18.5 Å². The van der Waals surface area contributed by atoms with Crippen LogP contribution in [0.5, 0.6) is 0 Å². The van der Waals surface area contributed by atoms with Gasteiger partial charge in [-0.2, -0.15) is 13.2 Å². The molecule has 0 N–H and O–H groups in total. The number of rotatable bonds is 8. The Morgan fingerprint density at radius 3 is 2.21 bits per heavy atom. The smallest absolute Gasteiger partial charge is 0.352 e. The molecule has 0 atom stereocenters. The van der Waals surface area contributed by atoms with E-state index in [4.69, 9.17) is 9.47 Å². The Morgan fingerprint density at radius 1 is 0.872 bits per heavy atom. The molecule has 0 bridgehead atoms. The molecule has 1 saturated heterocycles. The highest BCUT2D eigenvalue weighted by molar-refractivity contribution is 5.89. The fourth-order valence-corrected chi connectivity index (χ4v) is 4.66. The highest BCUT2D eigenvalue weighted by Gasteiger charge is 2.25. The van der Waals surface area contributed by atoms with Gasteiger partial charge in [-0.3, -0.25) is 0 Å². The minimum Gasteiger partial charge on any atom is -0.352 e. The molecule has 4 rings (SSSR count). The number of fused-ring (bicyclic) bond motifs is 1. The van der Waals surface area contributed by atoms with Crippen molar-refractivity contribution in [3.63, 3.8) is 0 Å². The van der Waals surface area contributed by atoms with Gasteiger partial charge in [0.25, 0.3) is 0 Å². The predicted octanol–water partition coefficient (Wildman–Crippen LogP) is 8.48. The fourth-order valence-electron chi connectivity index (χ4n) is 4.66. The monoisotopic (exact) mass is 552 g/mol. The molecule has 3 aromatic rings. The van der Waals surface area contributed by atoms with Crippen LogP contribution < -0.4 is 0 Å². The van der Waals surface area contributed by atoms with Crippen molar-refractivity contribution in [2.45, 2.75) is 57.9 Å². The maximum absolute atomic E-state index is 15.0. The summed E-state index contributed by atoms with van der Waals surface area (Å²) >= 11 is 0. The summed E-state index contributed by atoms with van der Waals surface area (Å²) in [5, 5.41) is -0.313. The van der Waals surface area contributed by atoms with Crippen LogP contribution in [0.1, 0.15) is 50.2 Å². The lowest BCUT2D eigenvalue weighted by molar-refractivity contribution is -0.203. The van der Waals surface area contributed by atoms with Crippen LogP contribution in [-0.4, -0.2) is 25.7 Å². The third kappa shape index (κ3) is 7.31. The van der Waals surface area contributed by atoms with Crippen LogP contribution in [0.4, 0.5) is 30.7 Å². The van der Waals surface area contributed by atoms with Gasteiger partial charge in [0.15, 0.2) is 6.29 Å². The van der Waals surface area contributed by atoms with Gasteiger partial charge < -0.3 is 9.47 Å². The number of ether oxygens (including phenoxy) is 2. The quantitative estimate of drug-likeness (QED) is 0.159. The van der Waals surface area contributed by atoms with Crippen molar-refractivity contribution in [2.75, 3.05) is 13.2 Å². The van der Waals surface area contributed by atoms with Crippen LogP contribution in [0.2, 0.25) is 0 Å². The van der Waals surface area contributed by atoms with Crippen molar-refractivity contribution in [3.05, 3.63) is 70.8 Å². The molecule has 0 amide bonds. The number of hydrogen-bond donors (Lipinski definition) is 0. The first-order valence-electron chi connectivity index (χ1n) is 12.8. The molecule has 0 radical (unpaired) electrons. The van der Waals surface area contributed by atoms with E-state index in [-0.39, 0.29) is 21.9 Å². The number of hydrogen-bond acceptors (Lipinski definition) is 2. The van der Waals surface area contributed by atoms with Crippen LogP contribution >= 0.6 is 0 Å². The Labute approximate surface area is 222 Å². The van der Waals surface area contributed by atoms with E-state index in [0.717, 1.165) is 37.3 Å². The second-order valence-corrected chi connectivity index (χ2v) is 9.66. The summed E-state index contributed by atoms with van der Waals surface area (Å²) < 4.78 is 108. The van der Waals surface area contributed by atoms with Gasteiger partial charge in [-0.05, 0) is 53.6 Å². The van der Waals surface area contributed by atoms with Gasteiger partial charge in [0.1, 0.15) is 23.3 Å². The Balaban J connectivity index is 1.48. The van der Waals surface area contributed by atoms with E-state index in [0.29, 0.717) is 37.5 Å². The first kappa shape index (κ1) is 28.9. The van der Waals surface area contributed by atoms with E-state index in [1.54, 1.807) is 0 Å². The van der Waals surface area contributed by atoms with E-state index in [2.05, 4.69) is 6.92 Å². The van der Waals surface area contributed by atoms with Gasteiger partial charge in [0, 0.05) is 23.6 Å². The van der Waals surface area contributed by atoms with Crippen LogP contribution in [0.3, 0.4) is 0 Å². The molecular formula is C30H27F7O2. The normalized spacial score (nSPS) is 17.7. The summed E-state index contributed by atoms with van der Waals surface area (Å²) in [6.07, 6.45) is -0.153. The standard InChI is InChI=1S/C30H27F7O2/c1-2-3-4-5-19-16-38-27(39-17-19)9-6-18-12-25(32)28(26(33)13-18)20-7-8-22-21(14-20)15-24(31)23(29(22)34)10-11-30(35,36)37/h7-8,12-15,19,27H,2-6,9,16-17H2,1H3. The lowest BCUT2D eigenvalue weighted by Gasteiger charge is -2.29. The molecule has 1 fully saturated rings. The van der Waals surface area contributed by atoms with Crippen LogP contribution in [0.25, 0.3) is 21.9 Å². The molecule has 2 nitrogen and oxygen atoms in total. The van der Waals surface area contributed by atoms with Crippen LogP contribution in [0, 0.1) is 41.0 Å². The third-order valence-corrected chi connectivity index (χ3v) is 6.67. The highest BCUT2D eigenvalue weighted by atomic mass is 19.4. The summed E-state index contributed by atoms with van der Waals surface area (Å²) in [5.74, 6) is -1.67. The molecule has 0 aromatic heterocycles. The maximum Gasteiger partial charge on any atom is 0.458 e. The van der Waals surface area contributed by atoms with E-state index in [1.807, 2.05) is 0 Å². The molecule has 9 heteroatoms. The van der Waals surface area contributed by atoms with E-state index < -0.39 is 41.3 Å². The predicted molar refractivity (Wildman–Crippen MR) is 134 cm³/mol. The molecule has 0 unspecified atom stereocenters. The number of alkyl halides is 3. The number of benzene rings is 3. The maximum atomic E-state index is 15.0. The zero-order chi connectivity index (χ0) is 28.2. The molecule has 0 spiro atoms. The fraction of sp³-hybridized carbons (Fsp3) is 0.400. The zero-order valence-corrected chi connectivity index (χ0v) is 21.2. The van der Waals surface area contributed by atoms with Crippen molar-refractivity contribution < 1.29 is 40.2 Å². The molecule has 39 heavy (non-hydrogen) atoms. The van der Waals surface area contributed by atoms with Crippen LogP contribution in [-0.2, 0) is 15.9 Å². The average molecular weight is 553 g/mol. The second kappa shape index (κ2) is 12.4. The van der Waals surface area contributed by atoms with E-state index in [1.165, 1.54) is 36.6 Å². The highest BCUT2D eigenvalue weighted by Crippen LogP contribution is 2.33. The van der Waals surface area contributed by atoms with Gasteiger partial charge in [-0.1, -0.05) is 44.2 Å². The third-order valence-electron chi connectivity index (χ3n) is 6.67. The molecule has 0 aliphatic carbocycles. The molecule has 0 saturated carbocycles. The average Bonchev–Trinajstić information content (AvgIpc) is 2.87. The number of aryl methyl sites for hydroxylation is 1. The lowest BCUT2D eigenvalue weighted by Crippen LogP contribution is -2.32. The Morgan fingerprint density at radius 2 is 1.56 bits per heavy atom. The number of unbranched alkanes of at least 4 members (excludes halogenated alkanes) is 2. The van der Waals surface area contributed by atoms with Gasteiger partial charge in [-0.15, -0.1) is 0 Å². The molecule has 1 aliphatic heterocycles. The van der Waals surface area contributed by atoms with Gasteiger partial charge in [0.05, 0.1) is 24.3 Å². The first-order chi connectivity index (χ1) is 18.6. The van der Waals surface area contributed by atoms with Crippen molar-refractivity contribution >= 4 is 10.8 Å². The molecular weight excluding hydrogens is 525 g/mol. The van der Waals surface area contributed by atoms with Gasteiger partial charge in [0.2, 0.25) is 0 Å². The van der Waals surface area contributed by atoms with E-state index in [9.17, 15) is 22.0 Å². The summed E-state index contributed by atoms with van der Waals surface area (Å²) in [5.41, 5.74) is -1.00. The van der Waals surface area contributed by atoms with Crippen molar-refractivity contribution in [3.8, 4) is 23.0 Å². The van der Waals surface area contributed by atoms with Gasteiger partial charge >= 0.3 is 6.18 Å².